The first-order valence-electron chi connectivity index (χ1n) is 8.67. The Morgan fingerprint density at radius 3 is 2.77 bits per heavy atom. The molecule has 1 aliphatic heterocycles. The van der Waals surface area contributed by atoms with Crippen molar-refractivity contribution in [3.63, 3.8) is 0 Å². The summed E-state index contributed by atoms with van der Waals surface area (Å²) in [6, 6.07) is 7.51. The molecule has 0 radical (unpaired) electrons. The van der Waals surface area contributed by atoms with Crippen LogP contribution in [0.2, 0.25) is 0 Å². The third-order valence-electron chi connectivity index (χ3n) is 4.61. The first-order valence-corrected chi connectivity index (χ1v) is 8.67. The van der Waals surface area contributed by atoms with Crippen molar-refractivity contribution in [2.45, 2.75) is 26.2 Å². The number of rotatable bonds is 3. The maximum absolute atomic E-state index is 12.8. The molecule has 0 bridgehead atoms. The predicted molar refractivity (Wildman–Crippen MR) is 96.6 cm³/mol. The minimum absolute atomic E-state index is 0.0421. The van der Waals surface area contributed by atoms with Gasteiger partial charge < -0.3 is 4.90 Å². The highest BCUT2D eigenvalue weighted by atomic mass is 16.2. The Hall–Kier alpha value is -3.09. The summed E-state index contributed by atoms with van der Waals surface area (Å²) in [5.41, 5.74) is 4.02. The van der Waals surface area contributed by atoms with E-state index in [9.17, 15) is 4.79 Å². The second kappa shape index (κ2) is 6.67. The van der Waals surface area contributed by atoms with Gasteiger partial charge in [-0.3, -0.25) is 14.9 Å². The van der Waals surface area contributed by atoms with Gasteiger partial charge in [-0.2, -0.15) is 5.10 Å². The van der Waals surface area contributed by atoms with Crippen molar-refractivity contribution >= 4 is 5.91 Å². The average Bonchev–Trinajstić information content (AvgIpc) is 3.31. The number of carbonyl (C=O) groups excluding carboxylic acids is 1. The van der Waals surface area contributed by atoms with Gasteiger partial charge in [0.15, 0.2) is 0 Å². The van der Waals surface area contributed by atoms with E-state index in [1.807, 2.05) is 36.9 Å². The largest absolute Gasteiger partial charge is 0.337 e. The Labute approximate surface area is 151 Å². The van der Waals surface area contributed by atoms with Gasteiger partial charge in [0.25, 0.3) is 5.91 Å². The summed E-state index contributed by atoms with van der Waals surface area (Å²) in [6.45, 7) is 5.27. The molecule has 0 aliphatic carbocycles. The Morgan fingerprint density at radius 1 is 1.23 bits per heavy atom. The quantitative estimate of drug-likeness (QED) is 0.786. The summed E-state index contributed by atoms with van der Waals surface area (Å²) in [4.78, 5) is 27.8. The van der Waals surface area contributed by atoms with Crippen LogP contribution in [0.5, 0.6) is 0 Å². The molecule has 1 aliphatic rings. The number of pyridine rings is 1. The molecule has 1 saturated heterocycles. The first-order chi connectivity index (χ1) is 12.6. The number of carbonyl (C=O) groups is 1. The van der Waals surface area contributed by atoms with Crippen LogP contribution in [0.1, 0.15) is 40.0 Å². The summed E-state index contributed by atoms with van der Waals surface area (Å²) in [7, 11) is 0. The second-order valence-corrected chi connectivity index (χ2v) is 6.65. The average molecular weight is 348 g/mol. The SMILES string of the molecule is Cc1cc(C)nc(C2CCN(C(=O)c3cc(-c4cccnc4)n[nH]3)C2)n1. The zero-order valence-electron chi connectivity index (χ0n) is 14.8. The number of hydrogen-bond donors (Lipinski definition) is 1. The summed E-state index contributed by atoms with van der Waals surface area (Å²) in [6.07, 6.45) is 4.31. The fourth-order valence-corrected chi connectivity index (χ4v) is 3.36. The van der Waals surface area contributed by atoms with Crippen LogP contribution in [0, 0.1) is 13.8 Å². The van der Waals surface area contributed by atoms with Gasteiger partial charge in [-0.15, -0.1) is 0 Å². The molecule has 4 rings (SSSR count). The summed E-state index contributed by atoms with van der Waals surface area (Å²) in [5.74, 6) is 0.969. The van der Waals surface area contributed by atoms with Gasteiger partial charge in [0.05, 0.1) is 5.69 Å². The number of nitrogens with zero attached hydrogens (tertiary/aromatic N) is 5. The molecular weight excluding hydrogens is 328 g/mol. The number of aromatic nitrogens is 5. The van der Waals surface area contributed by atoms with Gasteiger partial charge in [0.2, 0.25) is 0 Å². The van der Waals surface area contributed by atoms with Crippen LogP contribution in [0.15, 0.2) is 36.7 Å². The topological polar surface area (TPSA) is 87.7 Å². The molecular formula is C19H20N6O. The summed E-state index contributed by atoms with van der Waals surface area (Å²) < 4.78 is 0. The predicted octanol–water partition coefficient (Wildman–Crippen LogP) is 2.51. The minimum Gasteiger partial charge on any atom is -0.337 e. The number of likely N-dealkylation sites (tertiary alicyclic amines) is 1. The van der Waals surface area contributed by atoms with Gasteiger partial charge in [0, 0.05) is 48.4 Å². The number of nitrogens with one attached hydrogen (secondary N) is 1. The van der Waals surface area contributed by atoms with Gasteiger partial charge in [0.1, 0.15) is 11.5 Å². The van der Waals surface area contributed by atoms with E-state index in [0.29, 0.717) is 18.8 Å². The summed E-state index contributed by atoms with van der Waals surface area (Å²) >= 11 is 0. The monoisotopic (exact) mass is 348 g/mol. The second-order valence-electron chi connectivity index (χ2n) is 6.65. The van der Waals surface area contributed by atoms with E-state index in [1.165, 1.54) is 0 Å². The van der Waals surface area contributed by atoms with Crippen molar-refractivity contribution < 1.29 is 4.79 Å². The van der Waals surface area contributed by atoms with Crippen molar-refractivity contribution in [2.75, 3.05) is 13.1 Å². The molecule has 3 aromatic heterocycles. The van der Waals surface area contributed by atoms with E-state index < -0.39 is 0 Å². The zero-order valence-corrected chi connectivity index (χ0v) is 14.8. The highest BCUT2D eigenvalue weighted by Gasteiger charge is 2.30. The third kappa shape index (κ3) is 3.20. The molecule has 7 heteroatoms. The number of aryl methyl sites for hydroxylation is 2. The highest BCUT2D eigenvalue weighted by Crippen LogP contribution is 2.26. The molecule has 7 nitrogen and oxygen atoms in total. The van der Waals surface area contributed by atoms with E-state index in [1.54, 1.807) is 18.5 Å². The van der Waals surface area contributed by atoms with Crippen molar-refractivity contribution in [1.29, 1.82) is 0 Å². The fraction of sp³-hybridized carbons (Fsp3) is 0.316. The molecule has 0 saturated carbocycles. The highest BCUT2D eigenvalue weighted by molar-refractivity contribution is 5.93. The van der Waals surface area contributed by atoms with Gasteiger partial charge in [-0.25, -0.2) is 9.97 Å². The Balaban J connectivity index is 1.49. The Bertz CT molecular complexity index is 916. The fourth-order valence-electron chi connectivity index (χ4n) is 3.36. The third-order valence-corrected chi connectivity index (χ3v) is 4.61. The van der Waals surface area contributed by atoms with Crippen LogP contribution in [0.25, 0.3) is 11.3 Å². The Morgan fingerprint density at radius 2 is 2.04 bits per heavy atom. The number of amides is 1. The number of aromatic amines is 1. The summed E-state index contributed by atoms with van der Waals surface area (Å²) in [5, 5.41) is 7.10. The maximum Gasteiger partial charge on any atom is 0.271 e. The molecule has 1 amide bonds. The molecule has 1 N–H and O–H groups in total. The van der Waals surface area contributed by atoms with Gasteiger partial charge in [-0.1, -0.05) is 0 Å². The lowest BCUT2D eigenvalue weighted by Crippen LogP contribution is -2.29. The lowest BCUT2D eigenvalue weighted by atomic mass is 10.1. The van der Waals surface area contributed by atoms with Crippen LogP contribution in [0.3, 0.4) is 0 Å². The molecule has 1 unspecified atom stereocenters. The van der Waals surface area contributed by atoms with E-state index in [2.05, 4.69) is 25.1 Å². The Kier molecular flexibility index (Phi) is 4.20. The van der Waals surface area contributed by atoms with Gasteiger partial charge >= 0.3 is 0 Å². The molecule has 132 valence electrons. The van der Waals surface area contributed by atoms with E-state index in [4.69, 9.17) is 0 Å². The maximum atomic E-state index is 12.8. The molecule has 3 aromatic rings. The number of hydrogen-bond acceptors (Lipinski definition) is 5. The standard InChI is InChI=1S/C19H20N6O/c1-12-8-13(2)22-18(21-12)15-5-7-25(11-15)19(26)17-9-16(23-24-17)14-4-3-6-20-10-14/h3-4,6,8-10,15H,5,7,11H2,1-2H3,(H,23,24). The lowest BCUT2D eigenvalue weighted by Gasteiger charge is -2.15. The van der Waals surface area contributed by atoms with Gasteiger partial charge in [-0.05, 0) is 44.5 Å². The van der Waals surface area contributed by atoms with E-state index >= 15 is 0 Å². The van der Waals surface area contributed by atoms with Crippen LogP contribution >= 0.6 is 0 Å². The van der Waals surface area contributed by atoms with Crippen LogP contribution in [-0.4, -0.2) is 49.0 Å². The van der Waals surface area contributed by atoms with Crippen molar-refractivity contribution in [3.8, 4) is 11.3 Å². The number of H-pyrrole nitrogens is 1. The van der Waals surface area contributed by atoms with Crippen molar-refractivity contribution in [2.24, 2.45) is 0 Å². The smallest absolute Gasteiger partial charge is 0.271 e. The van der Waals surface area contributed by atoms with E-state index in [-0.39, 0.29) is 11.8 Å². The molecule has 4 heterocycles. The first kappa shape index (κ1) is 16.4. The molecule has 1 fully saturated rings. The van der Waals surface area contributed by atoms with Crippen molar-refractivity contribution in [1.82, 2.24) is 30.0 Å². The zero-order chi connectivity index (χ0) is 18.1. The van der Waals surface area contributed by atoms with Crippen LogP contribution < -0.4 is 0 Å². The normalized spacial score (nSPS) is 16.8. The molecule has 1 atom stereocenters. The molecule has 0 aromatic carbocycles. The van der Waals surface area contributed by atoms with E-state index in [0.717, 1.165) is 34.9 Å². The minimum atomic E-state index is -0.0421. The van der Waals surface area contributed by atoms with Crippen LogP contribution in [0.4, 0.5) is 0 Å². The van der Waals surface area contributed by atoms with Crippen LogP contribution in [-0.2, 0) is 0 Å². The lowest BCUT2D eigenvalue weighted by molar-refractivity contribution is 0.0784. The molecule has 26 heavy (non-hydrogen) atoms. The van der Waals surface area contributed by atoms with Crippen molar-refractivity contribution in [3.05, 3.63) is 59.6 Å². The molecule has 0 spiro atoms.